The van der Waals surface area contributed by atoms with E-state index in [0.29, 0.717) is 22.2 Å². The van der Waals surface area contributed by atoms with Crippen LogP contribution in [-0.4, -0.2) is 52.3 Å². The second kappa shape index (κ2) is 8.40. The van der Waals surface area contributed by atoms with Gasteiger partial charge in [-0.15, -0.1) is 23.1 Å². The van der Waals surface area contributed by atoms with Crippen molar-refractivity contribution >= 4 is 63.0 Å². The van der Waals surface area contributed by atoms with Crippen LogP contribution in [0.3, 0.4) is 0 Å². The van der Waals surface area contributed by atoms with Crippen LogP contribution in [0.25, 0.3) is 0 Å². The molecule has 2 rings (SSSR count). The van der Waals surface area contributed by atoms with Crippen molar-refractivity contribution in [3.63, 3.8) is 0 Å². The highest BCUT2D eigenvalue weighted by Crippen LogP contribution is 2.19. The van der Waals surface area contributed by atoms with Gasteiger partial charge in [-0.2, -0.15) is 0 Å². The molecular weight excluding hydrogens is 370 g/mol. The van der Waals surface area contributed by atoms with Gasteiger partial charge in [0.2, 0.25) is 5.91 Å². The molecule has 24 heavy (non-hydrogen) atoms. The van der Waals surface area contributed by atoms with Crippen LogP contribution in [0.2, 0.25) is 0 Å². The number of nitrogens with zero attached hydrogens (tertiary/aromatic N) is 2. The first-order valence-corrected chi connectivity index (χ1v) is 9.58. The molecule has 1 aromatic heterocycles. The molecule has 0 bridgehead atoms. The predicted octanol–water partition coefficient (Wildman–Crippen LogP) is 0.947. The van der Waals surface area contributed by atoms with E-state index in [1.165, 1.54) is 30.2 Å². The number of thiocarbonyl (C=S) groups is 1. The van der Waals surface area contributed by atoms with Gasteiger partial charge >= 0.3 is 0 Å². The fraction of sp³-hybridized carbons (Fsp3) is 0.462. The number of thioether (sulfide) groups is 1. The summed E-state index contributed by atoms with van der Waals surface area (Å²) in [6.45, 7) is 1.93. The maximum Gasteiger partial charge on any atom is 0.276 e. The molecule has 3 N–H and O–H groups in total. The van der Waals surface area contributed by atoms with E-state index in [1.807, 2.05) is 13.2 Å². The van der Waals surface area contributed by atoms with Gasteiger partial charge in [0.25, 0.3) is 5.91 Å². The number of oxime groups is 1. The molecule has 0 saturated carbocycles. The van der Waals surface area contributed by atoms with Gasteiger partial charge in [-0.05, 0) is 12.7 Å². The smallest absolute Gasteiger partial charge is 0.276 e. The Morgan fingerprint density at radius 1 is 1.62 bits per heavy atom. The van der Waals surface area contributed by atoms with Crippen molar-refractivity contribution in [1.82, 2.24) is 15.6 Å². The molecule has 11 heteroatoms. The summed E-state index contributed by atoms with van der Waals surface area (Å²) in [6, 6.07) is -0.599. The molecule has 0 spiro atoms. The van der Waals surface area contributed by atoms with E-state index in [2.05, 4.69) is 26.1 Å². The molecule has 130 valence electrons. The number of carbonyl (C=O) groups excluding carboxylic acids is 2. The van der Waals surface area contributed by atoms with Crippen molar-refractivity contribution in [3.8, 4) is 0 Å². The molecular formula is C13H17N5O3S3. The molecule has 1 aliphatic heterocycles. The highest BCUT2D eigenvalue weighted by molar-refractivity contribution is 7.99. The summed E-state index contributed by atoms with van der Waals surface area (Å²) in [5.74, 6) is -0.751. The number of thiazole rings is 1. The highest BCUT2D eigenvalue weighted by atomic mass is 32.2. The molecule has 0 unspecified atom stereocenters. The Morgan fingerprint density at radius 3 is 2.96 bits per heavy atom. The van der Waals surface area contributed by atoms with Gasteiger partial charge in [0.15, 0.2) is 10.8 Å². The van der Waals surface area contributed by atoms with Crippen molar-refractivity contribution in [2.75, 3.05) is 18.7 Å². The maximum atomic E-state index is 12.4. The third-order valence-corrected chi connectivity index (χ3v) is 5.17. The van der Waals surface area contributed by atoms with E-state index in [9.17, 15) is 9.59 Å². The van der Waals surface area contributed by atoms with Crippen LogP contribution < -0.4 is 16.0 Å². The number of hydrogen-bond donors (Lipinski definition) is 3. The van der Waals surface area contributed by atoms with Gasteiger partial charge in [-0.25, -0.2) is 4.98 Å². The van der Waals surface area contributed by atoms with Gasteiger partial charge in [-0.3, -0.25) is 9.59 Å². The topological polar surface area (TPSA) is 105 Å². The molecule has 0 aliphatic carbocycles. The van der Waals surface area contributed by atoms with Crippen LogP contribution in [0.1, 0.15) is 19.0 Å². The molecule has 1 fully saturated rings. The number of anilines is 1. The van der Waals surface area contributed by atoms with Crippen LogP contribution in [0.4, 0.5) is 5.13 Å². The first-order valence-electron chi connectivity index (χ1n) is 7.01. The van der Waals surface area contributed by atoms with Crippen molar-refractivity contribution in [2.24, 2.45) is 5.16 Å². The van der Waals surface area contributed by atoms with Crippen molar-refractivity contribution in [1.29, 1.82) is 0 Å². The number of β-lactam (4-membered cyclic amide) rings is 1. The Labute approximate surface area is 152 Å². The van der Waals surface area contributed by atoms with Gasteiger partial charge in [0.1, 0.15) is 24.2 Å². The summed E-state index contributed by atoms with van der Waals surface area (Å²) in [7, 11) is 1.34. The van der Waals surface area contributed by atoms with E-state index in [-0.39, 0.29) is 17.0 Å². The summed E-state index contributed by atoms with van der Waals surface area (Å²) in [5.41, 5.74) is 0.352. The van der Waals surface area contributed by atoms with Crippen molar-refractivity contribution in [3.05, 3.63) is 11.1 Å². The number of hydrogen-bond acceptors (Lipinski definition) is 8. The zero-order valence-corrected chi connectivity index (χ0v) is 15.7. The Balaban J connectivity index is 2.11. The Hall–Kier alpha value is -1.72. The largest absolute Gasteiger partial charge is 0.398 e. The second-order valence-electron chi connectivity index (χ2n) is 4.68. The van der Waals surface area contributed by atoms with Crippen molar-refractivity contribution in [2.45, 2.75) is 24.8 Å². The third kappa shape index (κ3) is 4.22. The Morgan fingerprint density at radius 2 is 2.38 bits per heavy atom. The molecule has 1 aliphatic rings. The zero-order valence-electron chi connectivity index (χ0n) is 13.3. The first-order chi connectivity index (χ1) is 11.5. The lowest BCUT2D eigenvalue weighted by molar-refractivity contribution is -0.132. The van der Waals surface area contributed by atoms with Crippen LogP contribution in [-0.2, 0) is 14.4 Å². The lowest BCUT2D eigenvalue weighted by atomic mass is 10.1. The Kier molecular flexibility index (Phi) is 6.52. The number of aromatic nitrogens is 1. The third-order valence-electron chi connectivity index (χ3n) is 3.12. The normalized spacial score (nSPS) is 20.0. The fourth-order valence-corrected chi connectivity index (χ4v) is 3.42. The summed E-state index contributed by atoms with van der Waals surface area (Å²) < 4.78 is 0. The molecule has 2 atom stereocenters. The quantitative estimate of drug-likeness (QED) is 0.277. The van der Waals surface area contributed by atoms with E-state index in [1.54, 1.807) is 5.38 Å². The van der Waals surface area contributed by atoms with E-state index in [4.69, 9.17) is 17.1 Å². The summed E-state index contributed by atoms with van der Waals surface area (Å²) >= 11 is 7.85. The summed E-state index contributed by atoms with van der Waals surface area (Å²) in [4.78, 5) is 33.7. The highest BCUT2D eigenvalue weighted by Gasteiger charge is 2.40. The van der Waals surface area contributed by atoms with Gasteiger partial charge in [0, 0.05) is 5.38 Å². The molecule has 0 radical (unpaired) electrons. The van der Waals surface area contributed by atoms with Gasteiger partial charge in [-0.1, -0.05) is 24.3 Å². The van der Waals surface area contributed by atoms with Gasteiger partial charge in [0.05, 0.1) is 4.99 Å². The summed E-state index contributed by atoms with van der Waals surface area (Å²) in [6.07, 6.45) is 2.54. The molecule has 2 heterocycles. The number of carbonyl (C=O) groups is 2. The van der Waals surface area contributed by atoms with Crippen molar-refractivity contribution < 1.29 is 14.4 Å². The Bertz CT molecular complexity index is 676. The van der Waals surface area contributed by atoms with E-state index >= 15 is 0 Å². The maximum absolute atomic E-state index is 12.4. The minimum Gasteiger partial charge on any atom is -0.398 e. The molecule has 0 aromatic carbocycles. The SMILES string of the molecule is CCC(=S)Nc1nc(C(=NOC)C(=O)N[C@@H]2C(=O)N[C@H]2SC)cs1. The molecule has 1 saturated heterocycles. The average Bonchev–Trinajstić information content (AvgIpc) is 3.02. The number of rotatable bonds is 7. The minimum atomic E-state index is -0.599. The monoisotopic (exact) mass is 387 g/mol. The second-order valence-corrected chi connectivity index (χ2v) is 7.01. The van der Waals surface area contributed by atoms with Gasteiger partial charge < -0.3 is 20.8 Å². The van der Waals surface area contributed by atoms with Crippen LogP contribution in [0, 0.1) is 0 Å². The minimum absolute atomic E-state index is 0.00349. The lowest BCUT2D eigenvalue weighted by Crippen LogP contribution is -2.68. The lowest BCUT2D eigenvalue weighted by Gasteiger charge is -2.35. The van der Waals surface area contributed by atoms with Crippen LogP contribution >= 0.6 is 35.3 Å². The zero-order chi connectivity index (χ0) is 17.7. The summed E-state index contributed by atoms with van der Waals surface area (Å²) in [5, 5.41) is 14.1. The van der Waals surface area contributed by atoms with E-state index in [0.717, 1.165) is 0 Å². The molecule has 8 nitrogen and oxygen atoms in total. The number of nitrogens with one attached hydrogen (secondary N) is 3. The van der Waals surface area contributed by atoms with Crippen LogP contribution in [0.15, 0.2) is 10.5 Å². The fourth-order valence-electron chi connectivity index (χ4n) is 1.84. The van der Waals surface area contributed by atoms with E-state index < -0.39 is 11.9 Å². The first kappa shape index (κ1) is 18.6. The predicted molar refractivity (Wildman–Crippen MR) is 99.5 cm³/mol. The van der Waals surface area contributed by atoms with Crippen LogP contribution in [0.5, 0.6) is 0 Å². The standard InChI is InChI=1S/C13H17N5O3S3/c1-4-7(22)15-13-14-6(5-24-13)8(18-21-2)10(19)16-9-11(20)17-12(9)23-3/h5,9,12H,4H2,1-3H3,(H,16,19)(H,17,20)(H,14,15,22)/t9-,12+/m1/s1. The molecule has 1 aromatic rings. The number of amides is 2. The molecule has 2 amide bonds. The average molecular weight is 388 g/mol.